The SMILES string of the molecule is CC(C)(C)NCCCCN(Cc1ccsc1)C1CC1. The number of rotatable bonds is 8. The topological polar surface area (TPSA) is 15.3 Å². The minimum Gasteiger partial charge on any atom is -0.312 e. The lowest BCUT2D eigenvalue weighted by Gasteiger charge is -2.23. The van der Waals surface area contributed by atoms with Gasteiger partial charge in [0.25, 0.3) is 0 Å². The molecule has 0 aliphatic heterocycles. The quantitative estimate of drug-likeness (QED) is 0.727. The fourth-order valence-electron chi connectivity index (χ4n) is 2.35. The number of nitrogens with zero attached hydrogens (tertiary/aromatic N) is 1. The summed E-state index contributed by atoms with van der Waals surface area (Å²) < 4.78 is 0. The lowest BCUT2D eigenvalue weighted by Crippen LogP contribution is -2.36. The molecule has 1 saturated carbocycles. The first-order valence-electron chi connectivity index (χ1n) is 7.55. The second-order valence-electron chi connectivity index (χ2n) is 6.72. The minimum atomic E-state index is 0.257. The third-order valence-corrected chi connectivity index (χ3v) is 4.29. The van der Waals surface area contributed by atoms with E-state index >= 15 is 0 Å². The van der Waals surface area contributed by atoms with Crippen LogP contribution in [0.15, 0.2) is 16.8 Å². The van der Waals surface area contributed by atoms with Crippen LogP contribution in [0, 0.1) is 0 Å². The van der Waals surface area contributed by atoms with Gasteiger partial charge in [0.2, 0.25) is 0 Å². The van der Waals surface area contributed by atoms with Gasteiger partial charge in [0.1, 0.15) is 0 Å². The monoisotopic (exact) mass is 280 g/mol. The highest BCUT2D eigenvalue weighted by Gasteiger charge is 2.28. The van der Waals surface area contributed by atoms with Crippen molar-refractivity contribution in [2.45, 2.75) is 64.6 Å². The van der Waals surface area contributed by atoms with Crippen molar-refractivity contribution in [1.82, 2.24) is 10.2 Å². The highest BCUT2D eigenvalue weighted by Crippen LogP contribution is 2.28. The molecule has 1 aromatic rings. The minimum absolute atomic E-state index is 0.257. The highest BCUT2D eigenvalue weighted by atomic mass is 32.1. The molecule has 0 bridgehead atoms. The van der Waals surface area contributed by atoms with Crippen LogP contribution in [0.3, 0.4) is 0 Å². The normalized spacial score (nSPS) is 16.2. The maximum Gasteiger partial charge on any atom is 0.0244 e. The van der Waals surface area contributed by atoms with Crippen molar-refractivity contribution in [1.29, 1.82) is 0 Å². The van der Waals surface area contributed by atoms with Gasteiger partial charge in [-0.1, -0.05) is 0 Å². The zero-order chi connectivity index (χ0) is 13.7. The van der Waals surface area contributed by atoms with Gasteiger partial charge in [-0.25, -0.2) is 0 Å². The Kier molecular flexibility index (Phi) is 5.43. The molecular weight excluding hydrogens is 252 g/mol. The summed E-state index contributed by atoms with van der Waals surface area (Å²) in [6.07, 6.45) is 5.41. The van der Waals surface area contributed by atoms with Gasteiger partial charge in [-0.15, -0.1) is 0 Å². The molecule has 1 fully saturated rings. The van der Waals surface area contributed by atoms with E-state index in [0.717, 1.165) is 19.1 Å². The van der Waals surface area contributed by atoms with Crippen LogP contribution in [-0.4, -0.2) is 29.6 Å². The smallest absolute Gasteiger partial charge is 0.0244 e. The predicted octanol–water partition coefficient (Wildman–Crippen LogP) is 3.88. The Morgan fingerprint density at radius 1 is 1.32 bits per heavy atom. The first-order chi connectivity index (χ1) is 9.04. The fourth-order valence-corrected chi connectivity index (χ4v) is 3.01. The number of hydrogen-bond acceptors (Lipinski definition) is 3. The lowest BCUT2D eigenvalue weighted by molar-refractivity contribution is 0.248. The van der Waals surface area contributed by atoms with E-state index in [1.54, 1.807) is 0 Å². The molecule has 19 heavy (non-hydrogen) atoms. The van der Waals surface area contributed by atoms with E-state index < -0.39 is 0 Å². The van der Waals surface area contributed by atoms with Gasteiger partial charge < -0.3 is 5.32 Å². The third-order valence-electron chi connectivity index (χ3n) is 3.56. The number of nitrogens with one attached hydrogen (secondary N) is 1. The van der Waals surface area contributed by atoms with Crippen molar-refractivity contribution < 1.29 is 0 Å². The van der Waals surface area contributed by atoms with Crippen LogP contribution in [0.5, 0.6) is 0 Å². The molecule has 1 N–H and O–H groups in total. The van der Waals surface area contributed by atoms with Crippen LogP contribution in [0.25, 0.3) is 0 Å². The van der Waals surface area contributed by atoms with Gasteiger partial charge in [0.15, 0.2) is 0 Å². The summed E-state index contributed by atoms with van der Waals surface area (Å²) in [5.74, 6) is 0. The van der Waals surface area contributed by atoms with Gasteiger partial charge in [-0.05, 0) is 81.9 Å². The molecule has 1 aromatic heterocycles. The molecule has 2 rings (SSSR count). The lowest BCUT2D eigenvalue weighted by atomic mass is 10.1. The number of hydrogen-bond donors (Lipinski definition) is 1. The molecule has 0 unspecified atom stereocenters. The van der Waals surface area contributed by atoms with Crippen molar-refractivity contribution >= 4 is 11.3 Å². The maximum absolute atomic E-state index is 3.57. The fraction of sp³-hybridized carbons (Fsp3) is 0.750. The molecule has 108 valence electrons. The molecule has 1 aliphatic rings. The van der Waals surface area contributed by atoms with Crippen molar-refractivity contribution in [3.8, 4) is 0 Å². The maximum atomic E-state index is 3.57. The predicted molar refractivity (Wildman–Crippen MR) is 84.7 cm³/mol. The van der Waals surface area contributed by atoms with Crippen LogP contribution in [0.4, 0.5) is 0 Å². The Morgan fingerprint density at radius 3 is 2.68 bits per heavy atom. The Hall–Kier alpha value is -0.380. The Labute approximate surface area is 122 Å². The largest absolute Gasteiger partial charge is 0.312 e. The number of unbranched alkanes of at least 4 members (excludes halogenated alkanes) is 1. The molecule has 1 heterocycles. The summed E-state index contributed by atoms with van der Waals surface area (Å²) in [4.78, 5) is 2.68. The van der Waals surface area contributed by atoms with E-state index in [1.807, 2.05) is 11.3 Å². The standard InChI is InChI=1S/C16H28N2S/c1-16(2,3)17-9-4-5-10-18(15-6-7-15)12-14-8-11-19-13-14/h8,11,13,15,17H,4-7,9-10,12H2,1-3H3. The molecule has 3 heteroatoms. The third kappa shape index (κ3) is 6.07. The molecule has 0 aromatic carbocycles. The van der Waals surface area contributed by atoms with Gasteiger partial charge in [0.05, 0.1) is 0 Å². The second-order valence-corrected chi connectivity index (χ2v) is 7.50. The Morgan fingerprint density at radius 2 is 2.11 bits per heavy atom. The highest BCUT2D eigenvalue weighted by molar-refractivity contribution is 7.07. The second kappa shape index (κ2) is 6.87. The van der Waals surface area contributed by atoms with Crippen LogP contribution in [0.1, 0.15) is 52.0 Å². The van der Waals surface area contributed by atoms with E-state index in [4.69, 9.17) is 0 Å². The summed E-state index contributed by atoms with van der Waals surface area (Å²) in [6, 6.07) is 3.14. The van der Waals surface area contributed by atoms with E-state index in [2.05, 4.69) is 47.8 Å². The Bertz CT molecular complexity index is 349. The first kappa shape index (κ1) is 15.0. The average molecular weight is 280 g/mol. The Balaban J connectivity index is 1.64. The molecule has 1 aliphatic carbocycles. The first-order valence-corrected chi connectivity index (χ1v) is 8.49. The summed E-state index contributed by atoms with van der Waals surface area (Å²) in [5, 5.41) is 8.05. The molecule has 0 radical (unpaired) electrons. The summed E-state index contributed by atoms with van der Waals surface area (Å²) in [5.41, 5.74) is 1.75. The van der Waals surface area contributed by atoms with Crippen molar-refractivity contribution in [2.24, 2.45) is 0 Å². The van der Waals surface area contributed by atoms with Gasteiger partial charge >= 0.3 is 0 Å². The molecule has 0 saturated heterocycles. The zero-order valence-corrected chi connectivity index (χ0v) is 13.4. The van der Waals surface area contributed by atoms with Crippen molar-refractivity contribution in [3.63, 3.8) is 0 Å². The van der Waals surface area contributed by atoms with Gasteiger partial charge in [-0.3, -0.25) is 4.90 Å². The van der Waals surface area contributed by atoms with Gasteiger partial charge in [0, 0.05) is 18.1 Å². The van der Waals surface area contributed by atoms with Crippen LogP contribution in [0.2, 0.25) is 0 Å². The van der Waals surface area contributed by atoms with Crippen molar-refractivity contribution in [2.75, 3.05) is 13.1 Å². The van der Waals surface area contributed by atoms with Crippen LogP contribution in [-0.2, 0) is 6.54 Å². The van der Waals surface area contributed by atoms with E-state index in [-0.39, 0.29) is 5.54 Å². The molecule has 0 spiro atoms. The molecule has 0 atom stereocenters. The van der Waals surface area contributed by atoms with Crippen molar-refractivity contribution in [3.05, 3.63) is 22.4 Å². The van der Waals surface area contributed by atoms with Crippen LogP contribution >= 0.6 is 11.3 Å². The average Bonchev–Trinajstić information content (AvgIpc) is 3.04. The summed E-state index contributed by atoms with van der Waals surface area (Å²) >= 11 is 1.81. The summed E-state index contributed by atoms with van der Waals surface area (Å²) in [6.45, 7) is 10.3. The zero-order valence-electron chi connectivity index (χ0n) is 12.6. The summed E-state index contributed by atoms with van der Waals surface area (Å²) in [7, 11) is 0. The number of thiophene rings is 1. The van der Waals surface area contributed by atoms with E-state index in [9.17, 15) is 0 Å². The molecule has 0 amide bonds. The van der Waals surface area contributed by atoms with Crippen LogP contribution < -0.4 is 5.32 Å². The van der Waals surface area contributed by atoms with Gasteiger partial charge in [-0.2, -0.15) is 11.3 Å². The molecular formula is C16H28N2S. The van der Waals surface area contributed by atoms with E-state index in [1.165, 1.54) is 37.8 Å². The molecule has 2 nitrogen and oxygen atoms in total. The van der Waals surface area contributed by atoms with E-state index in [0.29, 0.717) is 0 Å².